The first-order valence-electron chi connectivity index (χ1n) is 35.0. The smallest absolute Gasteiger partial charge is 0.418 e. The monoisotopic (exact) mass is 1310 g/mol. The molecule has 516 valence electrons. The molecule has 6 aromatic carbocycles. The second kappa shape index (κ2) is 24.5. The molecule has 4 heterocycles. The molecule has 0 fully saturated rings. The second-order valence-electron chi connectivity index (χ2n) is 40.9. The first-order valence-corrected chi connectivity index (χ1v) is 37.2. The highest BCUT2D eigenvalue weighted by Gasteiger charge is 2.48. The number of hydrogen-bond acceptors (Lipinski definition) is 5. The normalized spacial score (nSPS) is 15.9. The molecule has 0 amide bonds. The van der Waals surface area contributed by atoms with Crippen LogP contribution in [0.3, 0.4) is 0 Å². The summed E-state index contributed by atoms with van der Waals surface area (Å²) in [7, 11) is -5.72. The molecular formula is C87H128O5P2. The van der Waals surface area contributed by atoms with Gasteiger partial charge in [0.1, 0.15) is 11.5 Å². The Bertz CT molecular complexity index is 3480. The van der Waals surface area contributed by atoms with Crippen LogP contribution < -0.4 is 9.05 Å². The third kappa shape index (κ3) is 15.6. The zero-order valence-electron chi connectivity index (χ0n) is 66.4. The molecule has 6 aromatic rings. The van der Waals surface area contributed by atoms with E-state index < -0.39 is 65.9 Å². The van der Waals surface area contributed by atoms with E-state index in [4.69, 9.17) is 13.4 Å². The Kier molecular flexibility index (Phi) is 20.1. The molecule has 0 aromatic heterocycles. The highest BCUT2D eigenvalue weighted by Crippen LogP contribution is 2.67. The van der Waals surface area contributed by atoms with Gasteiger partial charge in [0.25, 0.3) is 0 Å². The summed E-state index contributed by atoms with van der Waals surface area (Å²) < 4.78 is 22.2. The van der Waals surface area contributed by atoms with Crippen molar-refractivity contribution in [3.05, 3.63) is 151 Å². The molecule has 1 unspecified atom stereocenters. The quantitative estimate of drug-likeness (QED) is 0.163. The molecule has 1 atom stereocenters. The molecule has 0 spiro atoms. The Morgan fingerprint density at radius 3 is 0.702 bits per heavy atom. The van der Waals surface area contributed by atoms with Gasteiger partial charge >= 0.3 is 17.2 Å². The van der Waals surface area contributed by atoms with Gasteiger partial charge < -0.3 is 18.8 Å². The lowest BCUT2D eigenvalue weighted by Crippen LogP contribution is -2.30. The molecule has 4 bridgehead atoms. The molecule has 5 nitrogen and oxygen atoms in total. The lowest BCUT2D eigenvalue weighted by Gasteiger charge is -2.44. The first-order chi connectivity index (χ1) is 41.8. The van der Waals surface area contributed by atoms with Crippen LogP contribution in [0.2, 0.25) is 0 Å². The van der Waals surface area contributed by atoms with Gasteiger partial charge in [0, 0.05) is 16.5 Å². The molecule has 0 saturated carbocycles. The van der Waals surface area contributed by atoms with Crippen molar-refractivity contribution < 1.29 is 23.1 Å². The van der Waals surface area contributed by atoms with Gasteiger partial charge in [-0.15, -0.1) is 0 Å². The Hall–Kier alpha value is -4.34. The summed E-state index contributed by atoms with van der Waals surface area (Å²) in [6.07, 6.45) is 0. The Labute approximate surface area is 577 Å². The van der Waals surface area contributed by atoms with E-state index in [-0.39, 0.29) is 21.7 Å². The zero-order valence-corrected chi connectivity index (χ0v) is 68.2. The van der Waals surface area contributed by atoms with Crippen LogP contribution in [0, 0.1) is 0 Å². The Morgan fingerprint density at radius 1 is 0.298 bits per heavy atom. The highest BCUT2D eigenvalue weighted by molar-refractivity contribution is 7.55. The lowest BCUT2D eigenvalue weighted by atomic mass is 9.60. The van der Waals surface area contributed by atoms with E-state index in [2.05, 4.69) is 324 Å². The first kappa shape index (κ1) is 77.0. The Balaban J connectivity index is 2.31. The minimum Gasteiger partial charge on any atom is -0.418 e. The third-order valence-electron chi connectivity index (χ3n) is 19.6. The summed E-state index contributed by atoms with van der Waals surface area (Å²) in [5, 5.41) is 0. The van der Waals surface area contributed by atoms with E-state index in [1.54, 1.807) is 0 Å². The van der Waals surface area contributed by atoms with Gasteiger partial charge in [0.05, 0.1) is 0 Å². The fourth-order valence-corrected chi connectivity index (χ4v) is 15.3. The maximum Gasteiger partial charge on any atom is 0.470 e. The summed E-state index contributed by atoms with van der Waals surface area (Å²) in [5.41, 5.74) is 20.6. The maximum atomic E-state index is 11.6. The van der Waals surface area contributed by atoms with Crippen LogP contribution >= 0.6 is 17.2 Å². The molecule has 94 heavy (non-hydrogen) atoms. The van der Waals surface area contributed by atoms with Crippen LogP contribution in [0.4, 0.5) is 0 Å². The van der Waals surface area contributed by atoms with Gasteiger partial charge in [-0.2, -0.15) is 0 Å². The van der Waals surface area contributed by atoms with Crippen molar-refractivity contribution in [2.24, 2.45) is 0 Å². The molecule has 0 radical (unpaired) electrons. The predicted molar refractivity (Wildman–Crippen MR) is 412 cm³/mol. The SMILES string of the molecule is CC(C)(C)c1cc(C(C)(C)C)c(-c2c3c(-c4c(C(C)(C)C)cc(C(C)(C)C)cc4C(C)(C)C)c(-c4c(C(C)(C)C)cc(C(C)(C)C)cc4C(C)(C)C)c(c2-c2c(C(C)(C)C)cc(C(C)(C)C)cc2C(C)(C)C)C(C)(C)c2ccc(cc2)OP(OP(O)O)O3)c(C(C)(C)C)c1. The van der Waals surface area contributed by atoms with Crippen molar-refractivity contribution >= 4 is 17.2 Å². The number of benzene rings is 6. The van der Waals surface area contributed by atoms with Crippen LogP contribution in [-0.2, 0) is 74.7 Å². The van der Waals surface area contributed by atoms with Crippen molar-refractivity contribution in [2.75, 3.05) is 0 Å². The van der Waals surface area contributed by atoms with E-state index in [0.717, 1.165) is 38.9 Å². The molecule has 4 aliphatic heterocycles. The molecule has 4 aliphatic rings. The Morgan fingerprint density at radius 2 is 0.511 bits per heavy atom. The van der Waals surface area contributed by atoms with Crippen LogP contribution in [-0.4, -0.2) is 9.79 Å². The zero-order chi connectivity index (χ0) is 72.1. The summed E-state index contributed by atoms with van der Waals surface area (Å²) in [6.45, 7) is 90.7. The third-order valence-corrected chi connectivity index (χ3v) is 21.4. The maximum absolute atomic E-state index is 11.6. The van der Waals surface area contributed by atoms with Crippen LogP contribution in [0.25, 0.3) is 44.5 Å². The van der Waals surface area contributed by atoms with Crippen molar-refractivity contribution in [3.8, 4) is 56.0 Å². The fraction of sp³-hybridized carbons (Fsp3) is 0.586. The molecular weight excluding hydrogens is 1190 g/mol. The van der Waals surface area contributed by atoms with Gasteiger partial charge in [-0.3, -0.25) is 0 Å². The van der Waals surface area contributed by atoms with Crippen LogP contribution in [0.15, 0.2) is 72.8 Å². The second-order valence-corrected chi connectivity index (χ2v) is 42.9. The van der Waals surface area contributed by atoms with Crippen molar-refractivity contribution in [2.45, 2.75) is 333 Å². The topological polar surface area (TPSA) is 68.2 Å². The minimum atomic E-state index is -3.04. The standard InChI is InChI=1S/C87H128O5P2/c1-75(2,3)52-43-57(79(13,14)15)65(58(44-52)80(16,17)18)69-71(67-61(83(25,26)27)47-54(77(7,8)9)48-62(67)84(28,29)30)74-72(68-63(85(31,32)33)49-55(78(10,11)12)50-64(68)86(34,35)36)70(66-59(81(19,20)21)45-53(76(4,5)6)46-60(66)82(22,23)24)73(69)87(37,38)51-39-41-56(42-40-51)90-94(91-74)92-93(88)89/h39-50,88-89H,1-38H3. The van der Waals surface area contributed by atoms with E-state index >= 15 is 0 Å². The molecule has 7 heteroatoms. The molecule has 2 N–H and O–H groups in total. The molecule has 0 saturated heterocycles. The lowest BCUT2D eigenvalue weighted by molar-refractivity contribution is 0.333. The van der Waals surface area contributed by atoms with Gasteiger partial charge in [0.15, 0.2) is 0 Å². The van der Waals surface area contributed by atoms with E-state index in [9.17, 15) is 9.79 Å². The van der Waals surface area contributed by atoms with Gasteiger partial charge in [0.2, 0.25) is 0 Å². The largest absolute Gasteiger partial charge is 0.470 e. The minimum absolute atomic E-state index is 0.214. The summed E-state index contributed by atoms with van der Waals surface area (Å²) >= 11 is 0. The average molecular weight is 1320 g/mol. The van der Waals surface area contributed by atoms with Crippen molar-refractivity contribution in [1.82, 2.24) is 0 Å². The van der Waals surface area contributed by atoms with Gasteiger partial charge in [-0.05, 0) is 188 Å². The summed E-state index contributed by atoms with van der Waals surface area (Å²) in [5.74, 6) is 1.10. The average Bonchev–Trinajstić information content (AvgIpc) is 0.681. The van der Waals surface area contributed by atoms with Gasteiger partial charge in [-0.1, -0.05) is 324 Å². The fourth-order valence-electron chi connectivity index (χ4n) is 13.9. The van der Waals surface area contributed by atoms with Crippen LogP contribution in [0.5, 0.6) is 11.5 Å². The molecule has 0 aliphatic carbocycles. The van der Waals surface area contributed by atoms with Crippen molar-refractivity contribution in [1.29, 1.82) is 0 Å². The van der Waals surface area contributed by atoms with E-state index in [0.29, 0.717) is 11.5 Å². The van der Waals surface area contributed by atoms with Gasteiger partial charge in [-0.25, -0.2) is 4.31 Å². The number of rotatable bonds is 6. The predicted octanol–water partition coefficient (Wildman–Crippen LogP) is 26.5. The van der Waals surface area contributed by atoms with Crippen molar-refractivity contribution in [3.63, 3.8) is 0 Å². The number of hydrogen-bond donors (Lipinski definition) is 2. The highest BCUT2D eigenvalue weighted by atomic mass is 31.2. The van der Waals surface area contributed by atoms with E-state index in [1.165, 1.54) is 83.5 Å². The summed E-state index contributed by atoms with van der Waals surface area (Å²) in [6, 6.07) is 28.8. The van der Waals surface area contributed by atoms with E-state index in [1.807, 2.05) is 12.1 Å². The summed E-state index contributed by atoms with van der Waals surface area (Å²) in [4.78, 5) is 23.2. The molecule has 10 rings (SSSR count). The van der Waals surface area contributed by atoms with Crippen LogP contribution in [0.1, 0.15) is 341 Å².